The molecule has 1 rings (SSSR count). The van der Waals surface area contributed by atoms with Crippen molar-refractivity contribution in [2.45, 2.75) is 32.5 Å². The van der Waals surface area contributed by atoms with Crippen LogP contribution in [0.15, 0.2) is 0 Å². The molecule has 4 heteroatoms. The molecule has 0 aliphatic carbocycles. The van der Waals surface area contributed by atoms with E-state index in [1.807, 2.05) is 0 Å². The molecular weight excluding hydrogens is 206 g/mol. The summed E-state index contributed by atoms with van der Waals surface area (Å²) < 4.78 is 11.1. The first-order chi connectivity index (χ1) is 7.14. The third-order valence-corrected chi connectivity index (χ3v) is 5.52. The summed E-state index contributed by atoms with van der Waals surface area (Å²) in [5.41, 5.74) is 0. The van der Waals surface area contributed by atoms with Crippen molar-refractivity contribution in [1.29, 1.82) is 0 Å². The molecule has 90 valence electrons. The third kappa shape index (κ3) is 5.66. The summed E-state index contributed by atoms with van der Waals surface area (Å²) in [7, 11) is -1.35. The smallest absolute Gasteiger partial charge is 0.186 e. The van der Waals surface area contributed by atoms with E-state index in [9.17, 15) is 0 Å². The highest BCUT2D eigenvalue weighted by atomic mass is 28.4. The van der Waals surface area contributed by atoms with Gasteiger partial charge in [0.15, 0.2) is 8.32 Å². The minimum absolute atomic E-state index is 0.872. The number of ether oxygens (including phenoxy) is 1. The van der Waals surface area contributed by atoms with Gasteiger partial charge in [-0.1, -0.05) is 0 Å². The van der Waals surface area contributed by atoms with Crippen molar-refractivity contribution in [2.75, 3.05) is 39.5 Å². The molecule has 15 heavy (non-hydrogen) atoms. The molecule has 0 unspecified atom stereocenters. The topological polar surface area (TPSA) is 21.7 Å². The summed E-state index contributed by atoms with van der Waals surface area (Å²) >= 11 is 0. The molecule has 0 atom stereocenters. The Kier molecular flexibility index (Phi) is 5.82. The van der Waals surface area contributed by atoms with Crippen LogP contribution in [0.25, 0.3) is 0 Å². The normalized spacial score (nSPS) is 19.4. The van der Waals surface area contributed by atoms with Crippen LogP contribution in [0.5, 0.6) is 0 Å². The summed E-state index contributed by atoms with van der Waals surface area (Å²) in [4.78, 5) is 2.50. The van der Waals surface area contributed by atoms with Crippen LogP contribution < -0.4 is 0 Å². The van der Waals surface area contributed by atoms with E-state index in [1.54, 1.807) is 0 Å². The van der Waals surface area contributed by atoms with Crippen molar-refractivity contribution in [2.24, 2.45) is 0 Å². The Bertz CT molecular complexity index is 170. The average Bonchev–Trinajstić information content (AvgIpc) is 2.19. The Hall–Kier alpha value is 0.0969. The fraction of sp³-hybridized carbons (Fsp3) is 1.00. The maximum atomic E-state index is 5.81. The highest BCUT2D eigenvalue weighted by Crippen LogP contribution is 2.14. The second-order valence-corrected chi connectivity index (χ2v) is 9.06. The predicted octanol–water partition coefficient (Wildman–Crippen LogP) is 1.95. The summed E-state index contributed by atoms with van der Waals surface area (Å²) in [6.45, 7) is 12.8. The molecule has 0 aromatic rings. The molecule has 0 N–H and O–H groups in total. The Morgan fingerprint density at radius 2 is 1.93 bits per heavy atom. The van der Waals surface area contributed by atoms with Crippen LogP contribution in [0, 0.1) is 0 Å². The van der Waals surface area contributed by atoms with E-state index >= 15 is 0 Å². The summed E-state index contributed by atoms with van der Waals surface area (Å²) in [5, 5.41) is 0. The average molecular weight is 231 g/mol. The van der Waals surface area contributed by atoms with Crippen LogP contribution in [0.4, 0.5) is 0 Å². The fourth-order valence-corrected chi connectivity index (χ4v) is 3.95. The molecule has 1 heterocycles. The second kappa shape index (κ2) is 6.63. The van der Waals surface area contributed by atoms with Crippen LogP contribution in [-0.2, 0) is 9.16 Å². The number of morpholine rings is 1. The van der Waals surface area contributed by atoms with Gasteiger partial charge in [-0.05, 0) is 39.0 Å². The van der Waals surface area contributed by atoms with Gasteiger partial charge >= 0.3 is 0 Å². The minimum Gasteiger partial charge on any atom is -0.418 e. The van der Waals surface area contributed by atoms with Gasteiger partial charge in [0.1, 0.15) is 0 Å². The molecule has 1 saturated heterocycles. The summed E-state index contributed by atoms with van der Waals surface area (Å²) in [6, 6.07) is 1.28. The van der Waals surface area contributed by atoms with Gasteiger partial charge in [-0.15, -0.1) is 0 Å². The van der Waals surface area contributed by atoms with E-state index in [-0.39, 0.29) is 0 Å². The van der Waals surface area contributed by atoms with E-state index in [0.29, 0.717) is 0 Å². The molecule has 0 amide bonds. The predicted molar refractivity (Wildman–Crippen MR) is 65.8 cm³/mol. The van der Waals surface area contributed by atoms with Crippen molar-refractivity contribution < 1.29 is 9.16 Å². The van der Waals surface area contributed by atoms with Crippen LogP contribution >= 0.6 is 0 Å². The number of nitrogens with zero attached hydrogens (tertiary/aromatic N) is 1. The van der Waals surface area contributed by atoms with Gasteiger partial charge in [0.25, 0.3) is 0 Å². The molecular formula is C11H25NO2Si. The first-order valence-electron chi connectivity index (χ1n) is 6.08. The quantitative estimate of drug-likeness (QED) is 0.652. The van der Waals surface area contributed by atoms with Crippen LogP contribution in [0.1, 0.15) is 13.3 Å². The number of hydrogen-bond donors (Lipinski definition) is 0. The van der Waals surface area contributed by atoms with Gasteiger partial charge < -0.3 is 9.16 Å². The summed E-state index contributed by atoms with van der Waals surface area (Å²) in [5.74, 6) is 0. The molecule has 1 aliphatic rings. The van der Waals surface area contributed by atoms with E-state index in [4.69, 9.17) is 9.16 Å². The maximum Gasteiger partial charge on any atom is 0.186 e. The molecule has 0 bridgehead atoms. The van der Waals surface area contributed by atoms with Gasteiger partial charge in [0.2, 0.25) is 0 Å². The molecule has 0 spiro atoms. The summed E-state index contributed by atoms with van der Waals surface area (Å²) in [6.07, 6.45) is 1.28. The van der Waals surface area contributed by atoms with Gasteiger partial charge in [-0.3, -0.25) is 4.90 Å². The Morgan fingerprint density at radius 1 is 1.27 bits per heavy atom. The lowest BCUT2D eigenvalue weighted by Gasteiger charge is -2.28. The fourth-order valence-electron chi connectivity index (χ4n) is 2.02. The highest BCUT2D eigenvalue weighted by Gasteiger charge is 2.21. The van der Waals surface area contributed by atoms with E-state index < -0.39 is 8.32 Å². The van der Waals surface area contributed by atoms with Crippen LogP contribution in [0.2, 0.25) is 19.1 Å². The van der Waals surface area contributed by atoms with Gasteiger partial charge in [0.05, 0.1) is 13.2 Å². The van der Waals surface area contributed by atoms with Crippen molar-refractivity contribution in [3.8, 4) is 0 Å². The number of rotatable bonds is 6. The van der Waals surface area contributed by atoms with Crippen molar-refractivity contribution in [3.63, 3.8) is 0 Å². The van der Waals surface area contributed by atoms with Crippen LogP contribution in [0.3, 0.4) is 0 Å². The second-order valence-electron chi connectivity index (χ2n) is 4.75. The SMILES string of the molecule is CCO[Si](C)(C)CCCN1CCOCC1. The lowest BCUT2D eigenvalue weighted by molar-refractivity contribution is 0.0378. The Labute approximate surface area is 94.9 Å². The molecule has 0 aromatic carbocycles. The third-order valence-electron chi connectivity index (χ3n) is 2.89. The zero-order valence-electron chi connectivity index (χ0n) is 10.4. The van der Waals surface area contributed by atoms with Gasteiger partial charge in [-0.25, -0.2) is 0 Å². The van der Waals surface area contributed by atoms with Crippen molar-refractivity contribution in [1.82, 2.24) is 4.90 Å². The van der Waals surface area contributed by atoms with E-state index in [2.05, 4.69) is 24.9 Å². The standard InChI is InChI=1S/C11H25NO2Si/c1-4-14-15(2,3)11-5-6-12-7-9-13-10-8-12/h4-11H2,1-3H3. The lowest BCUT2D eigenvalue weighted by atomic mass is 10.3. The number of hydrogen-bond acceptors (Lipinski definition) is 3. The van der Waals surface area contributed by atoms with Crippen LogP contribution in [-0.4, -0.2) is 52.7 Å². The zero-order chi connectivity index (χ0) is 11.1. The van der Waals surface area contributed by atoms with E-state index in [1.165, 1.54) is 19.0 Å². The molecule has 1 fully saturated rings. The molecule has 0 radical (unpaired) electrons. The van der Waals surface area contributed by atoms with Gasteiger partial charge in [-0.2, -0.15) is 0 Å². The molecule has 0 aromatic heterocycles. The first kappa shape index (κ1) is 13.2. The molecule has 3 nitrogen and oxygen atoms in total. The van der Waals surface area contributed by atoms with Crippen molar-refractivity contribution >= 4 is 8.32 Å². The molecule has 0 saturated carbocycles. The maximum absolute atomic E-state index is 5.81. The first-order valence-corrected chi connectivity index (χ1v) is 9.19. The highest BCUT2D eigenvalue weighted by molar-refractivity contribution is 6.71. The molecule has 1 aliphatic heterocycles. The Balaban J connectivity index is 2.09. The Morgan fingerprint density at radius 3 is 2.53 bits per heavy atom. The van der Waals surface area contributed by atoms with E-state index in [0.717, 1.165) is 32.9 Å². The lowest BCUT2D eigenvalue weighted by Crippen LogP contribution is -2.38. The minimum atomic E-state index is -1.35. The van der Waals surface area contributed by atoms with Crippen molar-refractivity contribution in [3.05, 3.63) is 0 Å². The zero-order valence-corrected chi connectivity index (χ0v) is 11.4. The monoisotopic (exact) mass is 231 g/mol. The largest absolute Gasteiger partial charge is 0.418 e. The van der Waals surface area contributed by atoms with Gasteiger partial charge in [0, 0.05) is 19.7 Å².